The number of aryl methyl sites for hydroxylation is 1. The van der Waals surface area contributed by atoms with Crippen LogP contribution < -0.4 is 10.2 Å². The summed E-state index contributed by atoms with van der Waals surface area (Å²) in [7, 11) is 0. The van der Waals surface area contributed by atoms with E-state index in [1.165, 1.54) is 0 Å². The Morgan fingerprint density at radius 2 is 2.05 bits per heavy atom. The Morgan fingerprint density at radius 3 is 2.48 bits per heavy atom. The summed E-state index contributed by atoms with van der Waals surface area (Å²) in [4.78, 5) is 34.5. The Bertz CT molecular complexity index is 568. The van der Waals surface area contributed by atoms with Crippen molar-refractivity contribution in [2.24, 2.45) is 5.41 Å². The smallest absolute Gasteiger partial charge is 0.326 e. The number of hydrogen-bond acceptors (Lipinski definition) is 4. The zero-order chi connectivity index (χ0) is 16.2. The molecule has 0 fully saturated rings. The van der Waals surface area contributed by atoms with Gasteiger partial charge in [0.25, 0.3) is 0 Å². The maximum Gasteiger partial charge on any atom is 0.326 e. The van der Waals surface area contributed by atoms with E-state index < -0.39 is 17.4 Å². The van der Waals surface area contributed by atoms with Crippen LogP contribution in [0.5, 0.6) is 0 Å². The molecule has 0 aliphatic rings. The van der Waals surface area contributed by atoms with E-state index in [9.17, 15) is 14.4 Å². The number of nitrogens with one attached hydrogen (secondary N) is 1. The van der Waals surface area contributed by atoms with Crippen molar-refractivity contribution >= 4 is 23.2 Å². The molecule has 1 rings (SSSR count). The minimum absolute atomic E-state index is 0.0361. The lowest BCUT2D eigenvalue weighted by Gasteiger charge is -2.27. The van der Waals surface area contributed by atoms with Crippen molar-refractivity contribution in [1.29, 1.82) is 0 Å². The van der Waals surface area contributed by atoms with Crippen LogP contribution in [-0.4, -0.2) is 27.6 Å². The molecule has 2 N–H and O–H groups in total. The quantitative estimate of drug-likeness (QED) is 0.835. The summed E-state index contributed by atoms with van der Waals surface area (Å²) in [5, 5.41) is 13.5. The third kappa shape index (κ3) is 5.00. The number of carboxylic acids is 1. The molecule has 1 unspecified atom stereocenters. The molecular weight excluding hydrogens is 292 g/mol. The van der Waals surface area contributed by atoms with Crippen LogP contribution in [0.15, 0.2) is 10.2 Å². The molecule has 1 amide bonds. The Kier molecular flexibility index (Phi) is 5.71. The van der Waals surface area contributed by atoms with Gasteiger partial charge in [-0.2, -0.15) is 0 Å². The van der Waals surface area contributed by atoms with E-state index in [0.29, 0.717) is 13.0 Å². The number of amides is 1. The van der Waals surface area contributed by atoms with Crippen LogP contribution in [0.4, 0.5) is 0 Å². The van der Waals surface area contributed by atoms with E-state index >= 15 is 0 Å². The number of carbonyl (C=O) groups excluding carboxylic acids is 1. The van der Waals surface area contributed by atoms with Crippen molar-refractivity contribution in [3.8, 4) is 0 Å². The molecule has 1 aromatic rings. The first-order chi connectivity index (χ1) is 9.62. The van der Waals surface area contributed by atoms with Gasteiger partial charge in [0.05, 0.1) is 0 Å². The van der Waals surface area contributed by atoms with E-state index in [-0.39, 0.29) is 17.2 Å². The first kappa shape index (κ1) is 17.4. The van der Waals surface area contributed by atoms with Gasteiger partial charge in [-0.3, -0.25) is 9.59 Å². The van der Waals surface area contributed by atoms with E-state index in [0.717, 1.165) is 17.0 Å². The highest BCUT2D eigenvalue weighted by molar-refractivity contribution is 7.07. The molecule has 7 heteroatoms. The maximum atomic E-state index is 11.8. The van der Waals surface area contributed by atoms with Crippen molar-refractivity contribution in [1.82, 2.24) is 9.88 Å². The number of aliphatic carboxylic acids is 1. The van der Waals surface area contributed by atoms with Crippen molar-refractivity contribution in [3.63, 3.8) is 0 Å². The highest BCUT2D eigenvalue weighted by atomic mass is 32.1. The lowest BCUT2D eigenvalue weighted by Crippen LogP contribution is -2.49. The van der Waals surface area contributed by atoms with Gasteiger partial charge in [-0.1, -0.05) is 32.1 Å². The summed E-state index contributed by atoms with van der Waals surface area (Å²) in [5.41, 5.74) is 0.325. The summed E-state index contributed by atoms with van der Waals surface area (Å²) >= 11 is 1.14. The molecule has 0 saturated carbocycles. The first-order valence-electron chi connectivity index (χ1n) is 6.80. The molecule has 1 aromatic heterocycles. The van der Waals surface area contributed by atoms with Gasteiger partial charge in [0, 0.05) is 24.0 Å². The molecule has 118 valence electrons. The second-order valence-corrected chi connectivity index (χ2v) is 6.92. The van der Waals surface area contributed by atoms with Gasteiger partial charge in [0.2, 0.25) is 5.91 Å². The lowest BCUT2D eigenvalue weighted by atomic mass is 9.86. The summed E-state index contributed by atoms with van der Waals surface area (Å²) in [6.07, 6.45) is 0.696. The normalized spacial score (nSPS) is 13.0. The van der Waals surface area contributed by atoms with Crippen LogP contribution in [0.3, 0.4) is 0 Å². The SMILES string of the molecule is Cc1csc(=O)n1CCCC(=O)NC(C(=O)O)C(C)(C)C. The minimum atomic E-state index is -1.04. The van der Waals surface area contributed by atoms with Crippen LogP contribution in [-0.2, 0) is 16.1 Å². The summed E-state index contributed by atoms with van der Waals surface area (Å²) < 4.78 is 1.62. The lowest BCUT2D eigenvalue weighted by molar-refractivity contribution is -0.145. The van der Waals surface area contributed by atoms with Gasteiger partial charge < -0.3 is 15.0 Å². The van der Waals surface area contributed by atoms with Gasteiger partial charge in [-0.15, -0.1) is 0 Å². The molecule has 0 aliphatic heterocycles. The summed E-state index contributed by atoms with van der Waals surface area (Å²) in [6.45, 7) is 7.61. The zero-order valence-corrected chi connectivity index (χ0v) is 13.6. The van der Waals surface area contributed by atoms with Crippen molar-refractivity contribution in [2.75, 3.05) is 0 Å². The standard InChI is InChI=1S/C14H22N2O4S/c1-9-8-21-13(20)16(9)7-5-6-10(17)15-11(12(18)19)14(2,3)4/h8,11H,5-7H2,1-4H3,(H,15,17)(H,18,19). The minimum Gasteiger partial charge on any atom is -0.480 e. The Hall–Kier alpha value is -1.63. The molecule has 21 heavy (non-hydrogen) atoms. The number of carbonyl (C=O) groups is 2. The van der Waals surface area contributed by atoms with E-state index in [4.69, 9.17) is 5.11 Å². The van der Waals surface area contributed by atoms with Gasteiger partial charge >= 0.3 is 10.8 Å². The number of hydrogen-bond donors (Lipinski definition) is 2. The van der Waals surface area contributed by atoms with E-state index in [1.807, 2.05) is 6.92 Å². The van der Waals surface area contributed by atoms with Crippen LogP contribution in [0, 0.1) is 12.3 Å². The van der Waals surface area contributed by atoms with Crippen LogP contribution >= 0.6 is 11.3 Å². The first-order valence-corrected chi connectivity index (χ1v) is 7.68. The van der Waals surface area contributed by atoms with Crippen LogP contribution in [0.2, 0.25) is 0 Å². The number of rotatable bonds is 6. The predicted molar refractivity (Wildman–Crippen MR) is 81.6 cm³/mol. The molecule has 0 bridgehead atoms. The monoisotopic (exact) mass is 314 g/mol. The van der Waals surface area contributed by atoms with Crippen molar-refractivity contribution in [3.05, 3.63) is 20.7 Å². The molecule has 6 nitrogen and oxygen atoms in total. The number of aromatic nitrogens is 1. The third-order valence-electron chi connectivity index (χ3n) is 3.18. The molecule has 0 aliphatic carbocycles. The molecule has 0 spiro atoms. The summed E-state index contributed by atoms with van der Waals surface area (Å²) in [5.74, 6) is -1.35. The average Bonchev–Trinajstić information content (AvgIpc) is 2.65. The number of nitrogens with zero attached hydrogens (tertiary/aromatic N) is 1. The largest absolute Gasteiger partial charge is 0.480 e. The fourth-order valence-corrected chi connectivity index (χ4v) is 2.72. The Morgan fingerprint density at radius 1 is 1.43 bits per heavy atom. The number of carboxylic acid groups (broad SMARTS) is 1. The molecule has 1 heterocycles. The van der Waals surface area contributed by atoms with Crippen molar-refractivity contribution in [2.45, 2.75) is 53.1 Å². The molecule has 0 aromatic carbocycles. The fraction of sp³-hybridized carbons (Fsp3) is 0.643. The molecule has 1 atom stereocenters. The molecular formula is C14H22N2O4S. The van der Waals surface area contributed by atoms with Gasteiger partial charge in [-0.05, 0) is 18.8 Å². The van der Waals surface area contributed by atoms with Gasteiger partial charge in [-0.25, -0.2) is 4.79 Å². The second kappa shape index (κ2) is 6.89. The van der Waals surface area contributed by atoms with E-state index in [1.54, 1.807) is 30.7 Å². The maximum absolute atomic E-state index is 11.8. The Labute approximate surface area is 127 Å². The van der Waals surface area contributed by atoms with E-state index in [2.05, 4.69) is 5.32 Å². The van der Waals surface area contributed by atoms with Crippen LogP contribution in [0.1, 0.15) is 39.3 Å². The highest BCUT2D eigenvalue weighted by Crippen LogP contribution is 2.19. The topological polar surface area (TPSA) is 88.4 Å². The van der Waals surface area contributed by atoms with Gasteiger partial charge in [0.15, 0.2) is 0 Å². The zero-order valence-electron chi connectivity index (χ0n) is 12.8. The predicted octanol–water partition coefficient (Wildman–Crippen LogP) is 1.61. The number of thiazole rings is 1. The Balaban J connectivity index is 2.51. The van der Waals surface area contributed by atoms with Gasteiger partial charge in [0.1, 0.15) is 6.04 Å². The fourth-order valence-electron chi connectivity index (χ4n) is 1.95. The third-order valence-corrected chi connectivity index (χ3v) is 4.06. The molecule has 0 radical (unpaired) electrons. The average molecular weight is 314 g/mol. The van der Waals surface area contributed by atoms with Crippen molar-refractivity contribution < 1.29 is 14.7 Å². The van der Waals surface area contributed by atoms with Crippen LogP contribution in [0.25, 0.3) is 0 Å². The molecule has 0 saturated heterocycles. The highest BCUT2D eigenvalue weighted by Gasteiger charge is 2.32. The summed E-state index contributed by atoms with van der Waals surface area (Å²) in [6, 6.07) is -0.921. The second-order valence-electron chi connectivity index (χ2n) is 6.10.